The van der Waals surface area contributed by atoms with E-state index < -0.39 is 23.1 Å². The van der Waals surface area contributed by atoms with Crippen LogP contribution >= 0.6 is 0 Å². The molecule has 2 aromatic rings. The highest BCUT2D eigenvalue weighted by atomic mass is 19.1. The van der Waals surface area contributed by atoms with Gasteiger partial charge < -0.3 is 15.3 Å². The van der Waals surface area contributed by atoms with Gasteiger partial charge >= 0.3 is 5.97 Å². The Kier molecular flexibility index (Phi) is 4.53. The summed E-state index contributed by atoms with van der Waals surface area (Å²) < 4.78 is 15.3. The number of benzene rings is 1. The third-order valence-electron chi connectivity index (χ3n) is 10.0. The molecule has 3 saturated carbocycles. The molecule has 0 amide bonds. The normalized spacial score (nSPS) is 40.6. The zero-order valence-electron chi connectivity index (χ0n) is 19.5. The third kappa shape index (κ3) is 2.68. The average Bonchev–Trinajstić information content (AvgIpc) is 3.30. The molecule has 1 aromatic heterocycles. The molecule has 0 spiro atoms. The van der Waals surface area contributed by atoms with Crippen molar-refractivity contribution in [3.8, 4) is 5.69 Å². The SMILES string of the molecule is C[C@]12Cc3cnn(-c4ccc(F)cc4)c3C=C1CCC1C2C(O)C[C@@]2(C)C1CC[C@]2(O)C(=O)O. The Morgan fingerprint density at radius 3 is 2.65 bits per heavy atom. The van der Waals surface area contributed by atoms with Gasteiger partial charge in [0.15, 0.2) is 5.60 Å². The summed E-state index contributed by atoms with van der Waals surface area (Å²) in [5.74, 6) is -1.21. The summed E-state index contributed by atoms with van der Waals surface area (Å²) in [5.41, 5.74) is 1.35. The number of aliphatic hydroxyl groups is 2. The van der Waals surface area contributed by atoms with Crippen LogP contribution in [0.2, 0.25) is 0 Å². The first-order chi connectivity index (χ1) is 16.1. The van der Waals surface area contributed by atoms with Gasteiger partial charge in [0, 0.05) is 5.41 Å². The van der Waals surface area contributed by atoms with Crippen LogP contribution in [-0.4, -0.2) is 42.8 Å². The van der Waals surface area contributed by atoms with Crippen molar-refractivity contribution in [1.82, 2.24) is 9.78 Å². The third-order valence-corrected chi connectivity index (χ3v) is 10.0. The molecule has 6 rings (SSSR count). The minimum Gasteiger partial charge on any atom is -0.479 e. The van der Waals surface area contributed by atoms with Crippen molar-refractivity contribution in [1.29, 1.82) is 0 Å². The number of aliphatic carboxylic acids is 1. The topological polar surface area (TPSA) is 95.6 Å². The number of fused-ring (bicyclic) bond motifs is 6. The molecular formula is C27H31FN2O4. The molecule has 0 radical (unpaired) electrons. The molecule has 180 valence electrons. The smallest absolute Gasteiger partial charge is 0.336 e. The van der Waals surface area contributed by atoms with Crippen LogP contribution < -0.4 is 0 Å². The van der Waals surface area contributed by atoms with Crippen molar-refractivity contribution in [3.05, 3.63) is 53.1 Å². The number of rotatable bonds is 2. The molecule has 0 aliphatic heterocycles. The molecule has 1 heterocycles. The first kappa shape index (κ1) is 22.0. The second-order valence-corrected chi connectivity index (χ2v) is 11.4. The van der Waals surface area contributed by atoms with Crippen molar-refractivity contribution >= 4 is 12.0 Å². The summed E-state index contributed by atoms with van der Waals surface area (Å²) in [7, 11) is 0. The van der Waals surface area contributed by atoms with E-state index in [-0.39, 0.29) is 35.4 Å². The number of carbonyl (C=O) groups is 1. The maximum absolute atomic E-state index is 13.4. The van der Waals surface area contributed by atoms with E-state index >= 15 is 0 Å². The van der Waals surface area contributed by atoms with Crippen LogP contribution in [0.4, 0.5) is 4.39 Å². The number of aliphatic hydroxyl groups excluding tert-OH is 1. The van der Waals surface area contributed by atoms with E-state index in [4.69, 9.17) is 0 Å². The van der Waals surface area contributed by atoms with E-state index in [2.05, 4.69) is 18.1 Å². The van der Waals surface area contributed by atoms with Gasteiger partial charge in [0.2, 0.25) is 0 Å². The number of allylic oxidation sites excluding steroid dienone is 1. The Balaban J connectivity index is 1.38. The Morgan fingerprint density at radius 2 is 1.94 bits per heavy atom. The predicted octanol–water partition coefficient (Wildman–Crippen LogP) is 3.98. The van der Waals surface area contributed by atoms with Gasteiger partial charge in [-0.2, -0.15) is 5.10 Å². The monoisotopic (exact) mass is 466 g/mol. The fourth-order valence-electron chi connectivity index (χ4n) is 8.33. The van der Waals surface area contributed by atoms with Crippen LogP contribution in [0.1, 0.15) is 57.2 Å². The zero-order chi connectivity index (χ0) is 24.0. The quantitative estimate of drug-likeness (QED) is 0.622. The number of carboxylic acids is 1. The second kappa shape index (κ2) is 7.01. The van der Waals surface area contributed by atoms with Crippen molar-refractivity contribution in [3.63, 3.8) is 0 Å². The Bertz CT molecular complexity index is 1210. The molecule has 3 N–H and O–H groups in total. The van der Waals surface area contributed by atoms with Gasteiger partial charge in [-0.15, -0.1) is 0 Å². The average molecular weight is 467 g/mol. The van der Waals surface area contributed by atoms with E-state index in [9.17, 15) is 24.5 Å². The van der Waals surface area contributed by atoms with E-state index in [1.165, 1.54) is 17.7 Å². The minimum atomic E-state index is -1.78. The maximum atomic E-state index is 13.4. The van der Waals surface area contributed by atoms with Gasteiger partial charge in [-0.25, -0.2) is 13.9 Å². The van der Waals surface area contributed by atoms with Gasteiger partial charge in [-0.3, -0.25) is 0 Å². The highest BCUT2D eigenvalue weighted by Gasteiger charge is 2.68. The summed E-state index contributed by atoms with van der Waals surface area (Å²) in [6.45, 7) is 4.11. The molecule has 34 heavy (non-hydrogen) atoms. The number of nitrogens with zero attached hydrogens (tertiary/aromatic N) is 2. The Morgan fingerprint density at radius 1 is 1.21 bits per heavy atom. The Hall–Kier alpha value is -2.51. The summed E-state index contributed by atoms with van der Waals surface area (Å²) in [5, 5.41) is 37.1. The van der Waals surface area contributed by atoms with E-state index in [1.807, 2.05) is 17.8 Å². The number of aromatic nitrogens is 2. The lowest BCUT2D eigenvalue weighted by Crippen LogP contribution is -2.61. The van der Waals surface area contributed by atoms with Gasteiger partial charge in [0.25, 0.3) is 0 Å². The summed E-state index contributed by atoms with van der Waals surface area (Å²) in [6, 6.07) is 6.32. The lowest BCUT2D eigenvalue weighted by Gasteiger charge is -2.60. The fraction of sp³-hybridized carbons (Fsp3) is 0.556. The van der Waals surface area contributed by atoms with Gasteiger partial charge in [-0.05, 0) is 97.6 Å². The zero-order valence-corrected chi connectivity index (χ0v) is 19.5. The minimum absolute atomic E-state index is 0.00374. The van der Waals surface area contributed by atoms with Crippen molar-refractivity contribution in [2.45, 2.75) is 64.1 Å². The van der Waals surface area contributed by atoms with Gasteiger partial charge in [-0.1, -0.05) is 19.4 Å². The molecular weight excluding hydrogens is 435 g/mol. The summed E-state index contributed by atoms with van der Waals surface area (Å²) in [4.78, 5) is 12.0. The van der Waals surface area contributed by atoms with Gasteiger partial charge in [0.05, 0.1) is 23.7 Å². The molecule has 3 fully saturated rings. The number of hydrogen-bond donors (Lipinski definition) is 3. The molecule has 4 aliphatic rings. The first-order valence-electron chi connectivity index (χ1n) is 12.3. The van der Waals surface area contributed by atoms with Gasteiger partial charge in [0.1, 0.15) is 5.82 Å². The molecule has 1 aromatic carbocycles. The van der Waals surface area contributed by atoms with Crippen LogP contribution in [-0.2, 0) is 11.2 Å². The van der Waals surface area contributed by atoms with E-state index in [0.717, 1.165) is 36.2 Å². The molecule has 4 aliphatic carbocycles. The summed E-state index contributed by atoms with van der Waals surface area (Å²) in [6.07, 6.45) is 7.11. The van der Waals surface area contributed by atoms with E-state index in [0.29, 0.717) is 12.8 Å². The molecule has 4 unspecified atom stereocenters. The predicted molar refractivity (Wildman–Crippen MR) is 124 cm³/mol. The largest absolute Gasteiger partial charge is 0.479 e. The molecule has 0 bridgehead atoms. The van der Waals surface area contributed by atoms with Crippen molar-refractivity contribution in [2.24, 2.45) is 28.6 Å². The lowest BCUT2D eigenvalue weighted by atomic mass is 9.45. The Labute approximate surface area is 198 Å². The van der Waals surface area contributed by atoms with Crippen LogP contribution in [0.3, 0.4) is 0 Å². The van der Waals surface area contributed by atoms with Crippen LogP contribution in [0.15, 0.2) is 36.0 Å². The van der Waals surface area contributed by atoms with Crippen LogP contribution in [0.5, 0.6) is 0 Å². The highest BCUT2D eigenvalue weighted by Crippen LogP contribution is 2.67. The maximum Gasteiger partial charge on any atom is 0.336 e. The van der Waals surface area contributed by atoms with Crippen LogP contribution in [0.25, 0.3) is 11.8 Å². The van der Waals surface area contributed by atoms with Crippen molar-refractivity contribution < 1.29 is 24.5 Å². The van der Waals surface area contributed by atoms with E-state index in [1.54, 1.807) is 12.1 Å². The number of halogens is 1. The molecule has 6 nitrogen and oxygen atoms in total. The lowest BCUT2D eigenvalue weighted by molar-refractivity contribution is -0.193. The molecule has 7 atom stereocenters. The molecule has 7 heteroatoms. The standard InChI is InChI=1S/C27H31FN2O4/c1-25-12-15-14-29-30(18-6-4-17(28)5-7-18)21(15)11-16(25)3-8-19-20-9-10-27(34,24(32)33)26(20,2)13-22(31)23(19)25/h4-7,11,14,19-20,22-23,31,34H,3,8-10,12-13H2,1-2H3,(H,32,33)/t19?,20?,22?,23?,25-,26-,27-/m0/s1. The highest BCUT2D eigenvalue weighted by molar-refractivity contribution is 5.79. The fourth-order valence-corrected chi connectivity index (χ4v) is 8.33. The van der Waals surface area contributed by atoms with Crippen LogP contribution in [0, 0.1) is 34.4 Å². The summed E-state index contributed by atoms with van der Waals surface area (Å²) >= 11 is 0. The number of carboxylic acid groups (broad SMARTS) is 1. The number of hydrogen-bond acceptors (Lipinski definition) is 4. The first-order valence-corrected chi connectivity index (χ1v) is 12.3. The molecule has 0 saturated heterocycles. The van der Waals surface area contributed by atoms with Crippen molar-refractivity contribution in [2.75, 3.05) is 0 Å². The second-order valence-electron chi connectivity index (χ2n) is 11.4.